The Kier molecular flexibility index (Phi) is 3.29. The molecule has 0 unspecified atom stereocenters. The second kappa shape index (κ2) is 5.24. The molecule has 0 saturated carbocycles. The average Bonchev–Trinajstić information content (AvgIpc) is 2.46. The summed E-state index contributed by atoms with van der Waals surface area (Å²) in [4.78, 5) is 0.789. The average molecular weight is 266 g/mol. The summed E-state index contributed by atoms with van der Waals surface area (Å²) in [6.07, 6.45) is 4.20. The van der Waals surface area contributed by atoms with Gasteiger partial charge in [0.2, 0.25) is 0 Å². The Morgan fingerprint density at radius 2 is 1.63 bits per heavy atom. The van der Waals surface area contributed by atoms with Crippen LogP contribution < -0.4 is 10.6 Å². The van der Waals surface area contributed by atoms with Gasteiger partial charge in [-0.1, -0.05) is 60.8 Å². The minimum Gasteiger partial charge on any atom is -0.362 e. The van der Waals surface area contributed by atoms with E-state index in [1.165, 1.54) is 5.56 Å². The summed E-state index contributed by atoms with van der Waals surface area (Å²) >= 11 is 5.38. The summed E-state index contributed by atoms with van der Waals surface area (Å²) in [6.45, 7) is 0. The summed E-state index contributed by atoms with van der Waals surface area (Å²) < 4.78 is 0. The van der Waals surface area contributed by atoms with Gasteiger partial charge in [0.25, 0.3) is 0 Å². The second-order valence-electron chi connectivity index (χ2n) is 4.41. The zero-order valence-electron chi connectivity index (χ0n) is 10.3. The van der Waals surface area contributed by atoms with E-state index in [1.807, 2.05) is 42.5 Å². The van der Waals surface area contributed by atoms with E-state index < -0.39 is 0 Å². The first kappa shape index (κ1) is 11.9. The maximum atomic E-state index is 5.38. The third-order valence-corrected chi connectivity index (χ3v) is 3.39. The first-order chi connectivity index (χ1) is 9.33. The molecule has 0 amide bonds. The Hall–Kier alpha value is -2.13. The van der Waals surface area contributed by atoms with Crippen molar-refractivity contribution in [2.75, 3.05) is 5.32 Å². The fourth-order valence-electron chi connectivity index (χ4n) is 2.10. The number of fused-ring (bicyclic) bond motifs is 1. The topological polar surface area (TPSA) is 24.1 Å². The van der Waals surface area contributed by atoms with Gasteiger partial charge >= 0.3 is 0 Å². The van der Waals surface area contributed by atoms with Gasteiger partial charge in [-0.05, 0) is 23.8 Å². The minimum absolute atomic E-state index is 0.0302. The van der Waals surface area contributed by atoms with Crippen LogP contribution >= 0.6 is 12.2 Å². The lowest BCUT2D eigenvalue weighted by molar-refractivity contribution is 0.819. The molecule has 2 N–H and O–H groups in total. The van der Waals surface area contributed by atoms with Crippen molar-refractivity contribution in [3.63, 3.8) is 0 Å². The predicted octanol–water partition coefficient (Wildman–Crippen LogP) is 3.42. The molecular formula is C16H14N2S. The lowest BCUT2D eigenvalue weighted by Crippen LogP contribution is -2.43. The van der Waals surface area contributed by atoms with Gasteiger partial charge in [-0.2, -0.15) is 0 Å². The monoisotopic (exact) mass is 266 g/mol. The van der Waals surface area contributed by atoms with E-state index in [1.54, 1.807) is 0 Å². The van der Waals surface area contributed by atoms with Crippen LogP contribution in [0.3, 0.4) is 0 Å². The van der Waals surface area contributed by atoms with E-state index in [0.29, 0.717) is 0 Å². The van der Waals surface area contributed by atoms with Gasteiger partial charge in [-0.15, -0.1) is 0 Å². The molecule has 0 bridgehead atoms. The van der Waals surface area contributed by atoms with Crippen LogP contribution in [-0.4, -0.2) is 11.2 Å². The molecule has 1 aliphatic rings. The van der Waals surface area contributed by atoms with Crippen molar-refractivity contribution < 1.29 is 0 Å². The standard InChI is InChI=1S/C16H14N2S/c19-16-13-8-4-5-9-14(13)17-15(18-16)11-10-12-6-2-1-3-7-12/h1-11,15,17H,(H,18,19)/b11-10-/t15-/m0/s1. The Morgan fingerprint density at radius 1 is 0.895 bits per heavy atom. The number of rotatable bonds is 2. The molecule has 0 fully saturated rings. The van der Waals surface area contributed by atoms with Gasteiger partial charge in [0, 0.05) is 11.3 Å². The minimum atomic E-state index is 0.0302. The van der Waals surface area contributed by atoms with Gasteiger partial charge in [0.15, 0.2) is 0 Å². The normalized spacial score (nSPS) is 17.7. The van der Waals surface area contributed by atoms with Crippen LogP contribution in [0, 0.1) is 0 Å². The molecule has 3 heteroatoms. The molecule has 0 radical (unpaired) electrons. The number of nitrogens with one attached hydrogen (secondary N) is 2. The molecule has 2 nitrogen and oxygen atoms in total. The quantitative estimate of drug-likeness (QED) is 0.815. The molecule has 1 heterocycles. The molecule has 94 valence electrons. The van der Waals surface area contributed by atoms with Crippen molar-refractivity contribution in [2.24, 2.45) is 0 Å². The number of benzene rings is 2. The highest BCUT2D eigenvalue weighted by molar-refractivity contribution is 7.80. The van der Waals surface area contributed by atoms with E-state index in [4.69, 9.17) is 12.2 Å². The molecule has 0 aromatic heterocycles. The lowest BCUT2D eigenvalue weighted by Gasteiger charge is -2.27. The van der Waals surface area contributed by atoms with Crippen molar-refractivity contribution in [3.05, 3.63) is 71.8 Å². The molecule has 0 aliphatic carbocycles. The Balaban J connectivity index is 1.79. The third-order valence-electron chi connectivity index (χ3n) is 3.05. The summed E-state index contributed by atoms with van der Waals surface area (Å²) in [5.41, 5.74) is 3.31. The number of hydrogen-bond donors (Lipinski definition) is 2. The van der Waals surface area contributed by atoms with Crippen LogP contribution in [0.4, 0.5) is 5.69 Å². The highest BCUT2D eigenvalue weighted by Gasteiger charge is 2.17. The first-order valence-electron chi connectivity index (χ1n) is 6.22. The molecular weight excluding hydrogens is 252 g/mol. The van der Waals surface area contributed by atoms with Crippen LogP contribution in [0.25, 0.3) is 6.08 Å². The maximum Gasteiger partial charge on any atom is 0.117 e. The Labute approximate surface area is 118 Å². The van der Waals surface area contributed by atoms with Crippen molar-refractivity contribution >= 4 is 29.0 Å². The van der Waals surface area contributed by atoms with Crippen LogP contribution in [0.2, 0.25) is 0 Å². The molecule has 1 aliphatic heterocycles. The third kappa shape index (κ3) is 2.66. The van der Waals surface area contributed by atoms with Crippen molar-refractivity contribution in [1.82, 2.24) is 5.32 Å². The smallest absolute Gasteiger partial charge is 0.117 e. The highest BCUT2D eigenvalue weighted by Crippen LogP contribution is 2.20. The summed E-state index contributed by atoms with van der Waals surface area (Å²) in [6, 6.07) is 18.3. The van der Waals surface area contributed by atoms with Crippen LogP contribution in [0.15, 0.2) is 60.7 Å². The molecule has 3 rings (SSSR count). The zero-order chi connectivity index (χ0) is 13.1. The molecule has 2 aromatic rings. The highest BCUT2D eigenvalue weighted by atomic mass is 32.1. The van der Waals surface area contributed by atoms with Crippen molar-refractivity contribution in [1.29, 1.82) is 0 Å². The van der Waals surface area contributed by atoms with Crippen LogP contribution in [0.5, 0.6) is 0 Å². The first-order valence-corrected chi connectivity index (χ1v) is 6.63. The summed E-state index contributed by atoms with van der Waals surface area (Å²) in [5.74, 6) is 0. The van der Waals surface area contributed by atoms with E-state index in [0.717, 1.165) is 16.2 Å². The summed E-state index contributed by atoms with van der Waals surface area (Å²) in [7, 11) is 0. The van der Waals surface area contributed by atoms with Gasteiger partial charge < -0.3 is 10.6 Å². The van der Waals surface area contributed by atoms with Crippen LogP contribution in [-0.2, 0) is 0 Å². The SMILES string of the molecule is S=C1N[C@@H](/C=C\c2ccccc2)Nc2ccccc21. The summed E-state index contributed by atoms with van der Waals surface area (Å²) in [5, 5.41) is 6.69. The Bertz CT molecular complexity index is 620. The van der Waals surface area contributed by atoms with Crippen LogP contribution in [0.1, 0.15) is 11.1 Å². The fourth-order valence-corrected chi connectivity index (χ4v) is 2.40. The maximum absolute atomic E-state index is 5.38. The second-order valence-corrected chi connectivity index (χ2v) is 4.82. The van der Waals surface area contributed by atoms with Gasteiger partial charge in [-0.25, -0.2) is 0 Å². The van der Waals surface area contributed by atoms with Gasteiger partial charge in [0.05, 0.1) is 0 Å². The number of para-hydroxylation sites is 1. The fraction of sp³-hybridized carbons (Fsp3) is 0.0625. The number of hydrogen-bond acceptors (Lipinski definition) is 2. The number of thiocarbonyl (C=S) groups is 1. The van der Waals surface area contributed by atoms with Gasteiger partial charge in [0.1, 0.15) is 11.2 Å². The van der Waals surface area contributed by atoms with E-state index in [2.05, 4.69) is 34.9 Å². The zero-order valence-corrected chi connectivity index (χ0v) is 11.2. The molecule has 19 heavy (non-hydrogen) atoms. The largest absolute Gasteiger partial charge is 0.362 e. The number of anilines is 1. The van der Waals surface area contributed by atoms with Gasteiger partial charge in [-0.3, -0.25) is 0 Å². The van der Waals surface area contributed by atoms with Crippen molar-refractivity contribution in [3.8, 4) is 0 Å². The van der Waals surface area contributed by atoms with E-state index >= 15 is 0 Å². The molecule has 1 atom stereocenters. The van der Waals surface area contributed by atoms with Crippen molar-refractivity contribution in [2.45, 2.75) is 6.17 Å². The molecule has 2 aromatic carbocycles. The molecule has 0 spiro atoms. The lowest BCUT2D eigenvalue weighted by atomic mass is 10.1. The Morgan fingerprint density at radius 3 is 2.47 bits per heavy atom. The van der Waals surface area contributed by atoms with E-state index in [9.17, 15) is 0 Å². The molecule has 0 saturated heterocycles. The van der Waals surface area contributed by atoms with E-state index in [-0.39, 0.29) is 6.17 Å². The predicted molar refractivity (Wildman–Crippen MR) is 84.2 cm³/mol.